The summed E-state index contributed by atoms with van der Waals surface area (Å²) in [7, 11) is 0. The molecule has 2 heterocycles. The Morgan fingerprint density at radius 2 is 1.94 bits per heavy atom. The Kier molecular flexibility index (Phi) is 3.04. The van der Waals surface area contributed by atoms with Crippen LogP contribution in [0.3, 0.4) is 0 Å². The zero-order chi connectivity index (χ0) is 12.5. The molecule has 0 aromatic heterocycles. The third-order valence-electron chi connectivity index (χ3n) is 3.49. The van der Waals surface area contributed by atoms with E-state index in [1.165, 1.54) is 19.3 Å². The van der Waals surface area contributed by atoms with E-state index in [0.717, 1.165) is 18.8 Å². The van der Waals surface area contributed by atoms with Crippen molar-refractivity contribution < 1.29 is 4.79 Å². The van der Waals surface area contributed by atoms with Gasteiger partial charge in [0.15, 0.2) is 0 Å². The molecule has 0 bridgehead atoms. The van der Waals surface area contributed by atoms with Crippen molar-refractivity contribution in [3.63, 3.8) is 0 Å². The summed E-state index contributed by atoms with van der Waals surface area (Å²) >= 11 is 5.69. The number of rotatable bonds is 1. The lowest BCUT2D eigenvalue weighted by atomic mass is 9.94. The molecule has 1 unspecified atom stereocenters. The van der Waals surface area contributed by atoms with Crippen molar-refractivity contribution in [1.82, 2.24) is 4.90 Å². The SMILES string of the molecule is O=C1N=C(Cl)N=C2C=CC(N3CCCCC3)=CC12. The first-order chi connectivity index (χ1) is 8.74. The first kappa shape index (κ1) is 11.7. The van der Waals surface area contributed by atoms with E-state index in [0.29, 0.717) is 5.71 Å². The number of hydrogen-bond acceptors (Lipinski definition) is 3. The van der Waals surface area contributed by atoms with Crippen molar-refractivity contribution in [2.75, 3.05) is 13.1 Å². The summed E-state index contributed by atoms with van der Waals surface area (Å²) in [5, 5.41) is 0.0331. The molecule has 0 saturated carbocycles. The summed E-state index contributed by atoms with van der Waals surface area (Å²) in [4.78, 5) is 21.9. The number of carbonyl (C=O) groups is 1. The van der Waals surface area contributed by atoms with Gasteiger partial charge in [-0.1, -0.05) is 0 Å². The Morgan fingerprint density at radius 1 is 1.17 bits per heavy atom. The lowest BCUT2D eigenvalue weighted by Gasteiger charge is -2.32. The highest BCUT2D eigenvalue weighted by Crippen LogP contribution is 2.24. The molecule has 0 radical (unpaired) electrons. The minimum atomic E-state index is -0.352. The molecular formula is C13H14ClN3O. The van der Waals surface area contributed by atoms with Gasteiger partial charge in [-0.05, 0) is 49.1 Å². The molecule has 0 aromatic carbocycles. The maximum atomic E-state index is 11.8. The van der Waals surface area contributed by atoms with Crippen molar-refractivity contribution in [2.24, 2.45) is 15.9 Å². The van der Waals surface area contributed by atoms with E-state index in [1.807, 2.05) is 18.2 Å². The number of aliphatic imine (C=N–C) groups is 2. The number of hydrogen-bond donors (Lipinski definition) is 0. The number of carbonyl (C=O) groups excluding carboxylic acids is 1. The fourth-order valence-electron chi connectivity index (χ4n) is 2.55. The third-order valence-corrected chi connectivity index (χ3v) is 3.66. The van der Waals surface area contributed by atoms with Crippen LogP contribution < -0.4 is 0 Å². The monoisotopic (exact) mass is 263 g/mol. The molecule has 0 aromatic rings. The van der Waals surface area contributed by atoms with Gasteiger partial charge in [0.2, 0.25) is 5.29 Å². The molecule has 1 aliphatic carbocycles. The average Bonchev–Trinajstić information content (AvgIpc) is 2.39. The number of halogens is 1. The van der Waals surface area contributed by atoms with E-state index in [2.05, 4.69) is 14.9 Å². The van der Waals surface area contributed by atoms with Crippen LogP contribution in [-0.4, -0.2) is 34.9 Å². The highest BCUT2D eigenvalue weighted by atomic mass is 35.5. The normalized spacial score (nSPS) is 27.4. The molecular weight excluding hydrogens is 250 g/mol. The summed E-state index contributed by atoms with van der Waals surface area (Å²) in [6.45, 7) is 2.13. The van der Waals surface area contributed by atoms with E-state index < -0.39 is 0 Å². The molecule has 1 atom stereocenters. The van der Waals surface area contributed by atoms with Gasteiger partial charge < -0.3 is 4.90 Å². The maximum Gasteiger partial charge on any atom is 0.261 e. The number of allylic oxidation sites excluding steroid dienone is 2. The molecule has 94 valence electrons. The summed E-state index contributed by atoms with van der Waals surface area (Å²) in [6, 6.07) is 0. The van der Waals surface area contributed by atoms with Crippen LogP contribution in [0.5, 0.6) is 0 Å². The van der Waals surface area contributed by atoms with Crippen LogP contribution in [-0.2, 0) is 4.79 Å². The molecule has 0 spiro atoms. The minimum absolute atomic E-state index is 0.0331. The van der Waals surface area contributed by atoms with Gasteiger partial charge in [0.05, 0.1) is 5.71 Å². The second kappa shape index (κ2) is 4.69. The molecule has 4 nitrogen and oxygen atoms in total. The van der Waals surface area contributed by atoms with E-state index >= 15 is 0 Å². The predicted octanol–water partition coefficient (Wildman–Crippen LogP) is 2.12. The highest BCUT2D eigenvalue weighted by molar-refractivity contribution is 6.67. The van der Waals surface area contributed by atoms with Crippen molar-refractivity contribution in [2.45, 2.75) is 19.3 Å². The molecule has 0 N–H and O–H groups in total. The molecule has 5 heteroatoms. The summed E-state index contributed by atoms with van der Waals surface area (Å²) in [6.07, 6.45) is 9.58. The Morgan fingerprint density at radius 3 is 2.72 bits per heavy atom. The first-order valence-electron chi connectivity index (χ1n) is 6.25. The Bertz CT molecular complexity index is 498. The zero-order valence-corrected chi connectivity index (χ0v) is 10.7. The molecule has 1 amide bonds. The minimum Gasteiger partial charge on any atom is -0.372 e. The van der Waals surface area contributed by atoms with Gasteiger partial charge in [-0.15, -0.1) is 0 Å². The zero-order valence-electron chi connectivity index (χ0n) is 9.97. The first-order valence-corrected chi connectivity index (χ1v) is 6.63. The number of amides is 1. The van der Waals surface area contributed by atoms with Crippen LogP contribution >= 0.6 is 11.6 Å². The Hall–Kier alpha value is -1.42. The average molecular weight is 264 g/mol. The lowest BCUT2D eigenvalue weighted by molar-refractivity contribution is -0.118. The molecule has 1 saturated heterocycles. The van der Waals surface area contributed by atoms with Crippen LogP contribution in [0.4, 0.5) is 0 Å². The van der Waals surface area contributed by atoms with Gasteiger partial charge in [0.1, 0.15) is 5.92 Å². The lowest BCUT2D eigenvalue weighted by Crippen LogP contribution is -2.33. The van der Waals surface area contributed by atoms with Gasteiger partial charge in [-0.25, -0.2) is 4.99 Å². The van der Waals surface area contributed by atoms with Gasteiger partial charge in [-0.3, -0.25) is 4.79 Å². The summed E-state index contributed by atoms with van der Waals surface area (Å²) in [5.41, 5.74) is 1.81. The van der Waals surface area contributed by atoms with Crippen molar-refractivity contribution in [3.8, 4) is 0 Å². The second-order valence-electron chi connectivity index (χ2n) is 4.71. The Labute approximate surface area is 111 Å². The molecule has 1 fully saturated rings. The van der Waals surface area contributed by atoms with Gasteiger partial charge in [-0.2, -0.15) is 4.99 Å². The Balaban J connectivity index is 1.85. The summed E-state index contributed by atoms with van der Waals surface area (Å²) < 4.78 is 0. The fourth-order valence-corrected chi connectivity index (χ4v) is 2.73. The van der Waals surface area contributed by atoms with Crippen LogP contribution in [0.1, 0.15) is 19.3 Å². The van der Waals surface area contributed by atoms with Crippen LogP contribution in [0.25, 0.3) is 0 Å². The van der Waals surface area contributed by atoms with E-state index in [-0.39, 0.29) is 17.1 Å². The predicted molar refractivity (Wildman–Crippen MR) is 71.9 cm³/mol. The molecule has 2 aliphatic heterocycles. The largest absolute Gasteiger partial charge is 0.372 e. The van der Waals surface area contributed by atoms with Crippen molar-refractivity contribution >= 4 is 28.5 Å². The van der Waals surface area contributed by atoms with Crippen molar-refractivity contribution in [1.29, 1.82) is 0 Å². The van der Waals surface area contributed by atoms with Crippen LogP contribution in [0.15, 0.2) is 33.9 Å². The van der Waals surface area contributed by atoms with E-state index in [4.69, 9.17) is 11.6 Å². The maximum absolute atomic E-state index is 11.8. The van der Waals surface area contributed by atoms with Crippen LogP contribution in [0.2, 0.25) is 0 Å². The third kappa shape index (κ3) is 2.12. The topological polar surface area (TPSA) is 45.0 Å². The van der Waals surface area contributed by atoms with Gasteiger partial charge >= 0.3 is 0 Å². The summed E-state index contributed by atoms with van der Waals surface area (Å²) in [5.74, 6) is -0.571. The fraction of sp³-hybridized carbons (Fsp3) is 0.462. The highest BCUT2D eigenvalue weighted by Gasteiger charge is 2.28. The number of fused-ring (bicyclic) bond motifs is 1. The number of likely N-dealkylation sites (tertiary alicyclic amines) is 1. The molecule has 3 aliphatic rings. The van der Waals surface area contributed by atoms with E-state index in [9.17, 15) is 4.79 Å². The number of amidine groups is 1. The quantitative estimate of drug-likeness (QED) is 0.680. The van der Waals surface area contributed by atoms with Crippen molar-refractivity contribution in [3.05, 3.63) is 23.9 Å². The van der Waals surface area contributed by atoms with Crippen LogP contribution in [0, 0.1) is 5.92 Å². The smallest absolute Gasteiger partial charge is 0.261 e. The number of piperidine rings is 1. The molecule has 18 heavy (non-hydrogen) atoms. The standard InChI is InChI=1S/C13H14ClN3O/c14-13-15-11-5-4-9(8-10(11)12(18)16-13)17-6-2-1-3-7-17/h4-5,8,10H,1-3,6-7H2. The van der Waals surface area contributed by atoms with E-state index in [1.54, 1.807) is 0 Å². The molecule has 3 rings (SSSR count). The van der Waals surface area contributed by atoms with Gasteiger partial charge in [0.25, 0.3) is 5.91 Å². The van der Waals surface area contributed by atoms with Gasteiger partial charge in [0, 0.05) is 18.8 Å². The second-order valence-corrected chi connectivity index (χ2v) is 5.04. The number of nitrogens with zero attached hydrogens (tertiary/aromatic N) is 3.